The highest BCUT2D eigenvalue weighted by Gasteiger charge is 2.37. The SMILES string of the molecule is CCC1(C)OCCN1C(=S)SCCc1ccccc1. The lowest BCUT2D eigenvalue weighted by Crippen LogP contribution is -2.43. The molecular formula is C15H21NOS2. The van der Waals surface area contributed by atoms with Gasteiger partial charge in [-0.15, -0.1) is 0 Å². The summed E-state index contributed by atoms with van der Waals surface area (Å²) in [7, 11) is 0. The Kier molecular flexibility index (Phi) is 5.25. The maximum absolute atomic E-state index is 5.81. The lowest BCUT2D eigenvalue weighted by Gasteiger charge is -2.34. The quantitative estimate of drug-likeness (QED) is 0.785. The topological polar surface area (TPSA) is 12.5 Å². The fourth-order valence-corrected chi connectivity index (χ4v) is 3.71. The average molecular weight is 295 g/mol. The first kappa shape index (κ1) is 14.8. The normalized spacial score (nSPS) is 22.7. The molecule has 1 aliphatic heterocycles. The molecule has 1 aliphatic rings. The van der Waals surface area contributed by atoms with E-state index >= 15 is 0 Å². The van der Waals surface area contributed by atoms with Gasteiger partial charge in [0.05, 0.1) is 6.61 Å². The van der Waals surface area contributed by atoms with Crippen molar-refractivity contribution < 1.29 is 4.74 Å². The molecule has 0 radical (unpaired) electrons. The third kappa shape index (κ3) is 3.71. The van der Waals surface area contributed by atoms with E-state index in [0.29, 0.717) is 0 Å². The molecule has 2 nitrogen and oxygen atoms in total. The van der Waals surface area contributed by atoms with Crippen LogP contribution in [-0.2, 0) is 11.2 Å². The van der Waals surface area contributed by atoms with Crippen LogP contribution < -0.4 is 0 Å². The Morgan fingerprint density at radius 1 is 1.42 bits per heavy atom. The van der Waals surface area contributed by atoms with Crippen molar-refractivity contribution in [3.63, 3.8) is 0 Å². The van der Waals surface area contributed by atoms with Crippen molar-refractivity contribution >= 4 is 28.3 Å². The minimum absolute atomic E-state index is 0.198. The van der Waals surface area contributed by atoms with Crippen LogP contribution in [0.2, 0.25) is 0 Å². The van der Waals surface area contributed by atoms with Crippen molar-refractivity contribution in [2.24, 2.45) is 0 Å². The first-order valence-corrected chi connectivity index (χ1v) is 8.17. The zero-order valence-corrected chi connectivity index (χ0v) is 13.2. The summed E-state index contributed by atoms with van der Waals surface area (Å²) in [6.45, 7) is 5.98. The number of hydrogen-bond acceptors (Lipinski definition) is 3. The molecule has 0 aromatic heterocycles. The van der Waals surface area contributed by atoms with Crippen LogP contribution in [0.4, 0.5) is 0 Å². The highest BCUT2D eigenvalue weighted by atomic mass is 32.2. The molecule has 1 aromatic carbocycles. The molecule has 2 rings (SSSR count). The zero-order valence-electron chi connectivity index (χ0n) is 11.6. The van der Waals surface area contributed by atoms with Crippen LogP contribution in [-0.4, -0.2) is 33.8 Å². The largest absolute Gasteiger partial charge is 0.354 e. The van der Waals surface area contributed by atoms with Crippen molar-refractivity contribution in [2.45, 2.75) is 32.4 Å². The average Bonchev–Trinajstić information content (AvgIpc) is 2.83. The fourth-order valence-electron chi connectivity index (χ4n) is 2.23. The Morgan fingerprint density at radius 3 is 2.84 bits per heavy atom. The van der Waals surface area contributed by atoms with Gasteiger partial charge in [-0.05, 0) is 25.3 Å². The van der Waals surface area contributed by atoms with E-state index in [2.05, 4.69) is 49.1 Å². The summed E-state index contributed by atoms with van der Waals surface area (Å²) >= 11 is 7.32. The molecule has 1 heterocycles. The smallest absolute Gasteiger partial charge is 0.139 e. The van der Waals surface area contributed by atoms with Crippen LogP contribution >= 0.6 is 24.0 Å². The number of thioether (sulfide) groups is 1. The van der Waals surface area contributed by atoms with E-state index in [4.69, 9.17) is 17.0 Å². The predicted molar refractivity (Wildman–Crippen MR) is 86.6 cm³/mol. The molecule has 1 fully saturated rings. The maximum atomic E-state index is 5.81. The summed E-state index contributed by atoms with van der Waals surface area (Å²) in [5.41, 5.74) is 1.17. The van der Waals surface area contributed by atoms with Gasteiger partial charge < -0.3 is 9.64 Å². The summed E-state index contributed by atoms with van der Waals surface area (Å²) in [6, 6.07) is 10.6. The first-order chi connectivity index (χ1) is 9.15. The number of aryl methyl sites for hydroxylation is 1. The number of hydrogen-bond donors (Lipinski definition) is 0. The molecule has 1 atom stereocenters. The molecular weight excluding hydrogens is 274 g/mol. The summed E-state index contributed by atoms with van der Waals surface area (Å²) in [5, 5.41) is 0. The molecule has 0 aliphatic carbocycles. The van der Waals surface area contributed by atoms with Gasteiger partial charge in [0.1, 0.15) is 10.0 Å². The molecule has 0 amide bonds. The Balaban J connectivity index is 1.82. The van der Waals surface area contributed by atoms with Crippen molar-refractivity contribution in [1.82, 2.24) is 4.90 Å². The van der Waals surface area contributed by atoms with Crippen LogP contribution in [0, 0.1) is 0 Å². The fraction of sp³-hybridized carbons (Fsp3) is 0.533. The predicted octanol–water partition coefficient (Wildman–Crippen LogP) is 3.71. The molecule has 1 saturated heterocycles. The number of rotatable bonds is 4. The van der Waals surface area contributed by atoms with E-state index in [-0.39, 0.29) is 5.72 Å². The lowest BCUT2D eigenvalue weighted by atomic mass is 10.2. The standard InChI is InChI=1S/C15H21NOS2/c1-3-15(2)16(10-11-17-15)14(18)19-12-9-13-7-5-4-6-8-13/h4-8H,3,9-12H2,1-2H3. The highest BCUT2D eigenvalue weighted by molar-refractivity contribution is 8.22. The van der Waals surface area contributed by atoms with Crippen LogP contribution in [0.15, 0.2) is 30.3 Å². The van der Waals surface area contributed by atoms with Gasteiger partial charge in [-0.2, -0.15) is 0 Å². The number of ether oxygens (including phenoxy) is 1. The number of thiocarbonyl (C=S) groups is 1. The van der Waals surface area contributed by atoms with Gasteiger partial charge in [-0.25, -0.2) is 0 Å². The summed E-state index contributed by atoms with van der Waals surface area (Å²) in [4.78, 5) is 2.23. The van der Waals surface area contributed by atoms with Gasteiger partial charge in [-0.1, -0.05) is 61.2 Å². The third-order valence-electron chi connectivity index (χ3n) is 3.63. The van der Waals surface area contributed by atoms with Gasteiger partial charge in [0, 0.05) is 12.3 Å². The van der Waals surface area contributed by atoms with Gasteiger partial charge in [0.15, 0.2) is 0 Å². The molecule has 0 spiro atoms. The Hall–Kier alpha value is -0.580. The number of benzene rings is 1. The van der Waals surface area contributed by atoms with Crippen molar-refractivity contribution in [1.29, 1.82) is 0 Å². The van der Waals surface area contributed by atoms with Crippen molar-refractivity contribution in [3.8, 4) is 0 Å². The minimum Gasteiger partial charge on any atom is -0.354 e. The number of nitrogens with zero attached hydrogens (tertiary/aromatic N) is 1. The Bertz CT molecular complexity index is 423. The molecule has 1 unspecified atom stereocenters. The second-order valence-electron chi connectivity index (χ2n) is 4.88. The van der Waals surface area contributed by atoms with Crippen molar-refractivity contribution in [3.05, 3.63) is 35.9 Å². The van der Waals surface area contributed by atoms with Crippen LogP contribution in [0.1, 0.15) is 25.8 Å². The monoisotopic (exact) mass is 295 g/mol. The van der Waals surface area contributed by atoms with E-state index in [1.165, 1.54) is 5.56 Å². The molecule has 4 heteroatoms. The molecule has 1 aromatic rings. The Morgan fingerprint density at radius 2 is 2.16 bits per heavy atom. The van der Waals surface area contributed by atoms with Gasteiger partial charge >= 0.3 is 0 Å². The second-order valence-corrected chi connectivity index (χ2v) is 6.61. The maximum Gasteiger partial charge on any atom is 0.139 e. The van der Waals surface area contributed by atoms with E-state index in [9.17, 15) is 0 Å². The molecule has 19 heavy (non-hydrogen) atoms. The second kappa shape index (κ2) is 6.73. The Labute approximate surface area is 125 Å². The highest BCUT2D eigenvalue weighted by Crippen LogP contribution is 2.29. The van der Waals surface area contributed by atoms with Gasteiger partial charge in [0.2, 0.25) is 0 Å². The molecule has 0 bridgehead atoms. The molecule has 0 N–H and O–H groups in total. The van der Waals surface area contributed by atoms with E-state index in [1.54, 1.807) is 11.8 Å². The first-order valence-electron chi connectivity index (χ1n) is 6.78. The minimum atomic E-state index is -0.198. The van der Waals surface area contributed by atoms with Crippen LogP contribution in [0.25, 0.3) is 0 Å². The zero-order chi connectivity index (χ0) is 13.7. The summed E-state index contributed by atoms with van der Waals surface area (Å²) in [6.07, 6.45) is 2.02. The van der Waals surface area contributed by atoms with E-state index in [1.807, 2.05) is 0 Å². The molecule has 0 saturated carbocycles. The van der Waals surface area contributed by atoms with E-state index in [0.717, 1.165) is 36.1 Å². The lowest BCUT2D eigenvalue weighted by molar-refractivity contribution is -0.0387. The third-order valence-corrected chi connectivity index (χ3v) is 5.08. The van der Waals surface area contributed by atoms with Crippen molar-refractivity contribution in [2.75, 3.05) is 18.9 Å². The van der Waals surface area contributed by atoms with Gasteiger partial charge in [-0.3, -0.25) is 0 Å². The van der Waals surface area contributed by atoms with Crippen LogP contribution in [0.3, 0.4) is 0 Å². The van der Waals surface area contributed by atoms with Gasteiger partial charge in [0.25, 0.3) is 0 Å². The summed E-state index contributed by atoms with van der Waals surface area (Å²) < 4.78 is 6.78. The van der Waals surface area contributed by atoms with E-state index < -0.39 is 0 Å². The van der Waals surface area contributed by atoms with Crippen LogP contribution in [0.5, 0.6) is 0 Å². The summed E-state index contributed by atoms with van der Waals surface area (Å²) in [5.74, 6) is 1.03. The molecule has 104 valence electrons.